The molecule has 0 aliphatic heterocycles. The highest BCUT2D eigenvalue weighted by Crippen LogP contribution is 2.24. The largest absolute Gasteiger partial charge is 0.497 e. The molecule has 5 heteroatoms. The SMILES string of the molecule is COc1ccc(-n2c(C)cc(C(=O)NC3CCC(O)CC3)c2C)cc1. The topological polar surface area (TPSA) is 63.5 Å². The van der Waals surface area contributed by atoms with Gasteiger partial charge in [0.2, 0.25) is 0 Å². The fourth-order valence-electron chi connectivity index (χ4n) is 3.60. The molecule has 0 unspecified atom stereocenters. The Labute approximate surface area is 148 Å². The van der Waals surface area contributed by atoms with Crippen LogP contribution in [0.1, 0.15) is 47.4 Å². The summed E-state index contributed by atoms with van der Waals surface area (Å²) in [5.41, 5.74) is 3.66. The van der Waals surface area contributed by atoms with E-state index in [1.807, 2.05) is 44.2 Å². The standard InChI is InChI=1S/C20H26N2O3/c1-13-12-19(20(24)21-15-4-8-17(23)9-5-15)14(2)22(13)16-6-10-18(25-3)11-7-16/h6-7,10-12,15,17,23H,4-5,8-9H2,1-3H3,(H,21,24). The number of aliphatic hydroxyl groups is 1. The number of aromatic nitrogens is 1. The maximum atomic E-state index is 12.7. The number of methoxy groups -OCH3 is 1. The molecule has 1 aliphatic rings. The quantitative estimate of drug-likeness (QED) is 0.897. The van der Waals surface area contributed by atoms with Crippen LogP contribution in [0.15, 0.2) is 30.3 Å². The molecule has 1 aliphatic carbocycles. The molecule has 2 N–H and O–H groups in total. The average molecular weight is 342 g/mol. The summed E-state index contributed by atoms with van der Waals surface area (Å²) in [4.78, 5) is 12.7. The van der Waals surface area contributed by atoms with E-state index in [-0.39, 0.29) is 18.1 Å². The summed E-state index contributed by atoms with van der Waals surface area (Å²) in [6.07, 6.45) is 2.98. The molecule has 1 fully saturated rings. The van der Waals surface area contributed by atoms with Crippen molar-refractivity contribution in [2.75, 3.05) is 7.11 Å². The molecule has 1 heterocycles. The van der Waals surface area contributed by atoms with Crippen molar-refractivity contribution >= 4 is 5.91 Å². The van der Waals surface area contributed by atoms with Crippen LogP contribution in [0.2, 0.25) is 0 Å². The first kappa shape index (κ1) is 17.5. The van der Waals surface area contributed by atoms with Crippen molar-refractivity contribution in [3.63, 3.8) is 0 Å². The van der Waals surface area contributed by atoms with Crippen molar-refractivity contribution in [3.05, 3.63) is 47.3 Å². The molecule has 134 valence electrons. The molecule has 0 bridgehead atoms. The molecular formula is C20H26N2O3. The second kappa shape index (κ2) is 7.31. The Morgan fingerprint density at radius 2 is 1.80 bits per heavy atom. The second-order valence-corrected chi connectivity index (χ2v) is 6.80. The van der Waals surface area contributed by atoms with Gasteiger partial charge in [0.1, 0.15) is 5.75 Å². The number of carbonyl (C=O) groups excluding carboxylic acids is 1. The molecule has 0 atom stereocenters. The van der Waals surface area contributed by atoms with E-state index < -0.39 is 0 Å². The van der Waals surface area contributed by atoms with Crippen LogP contribution in [-0.4, -0.2) is 34.8 Å². The second-order valence-electron chi connectivity index (χ2n) is 6.80. The van der Waals surface area contributed by atoms with E-state index in [0.29, 0.717) is 5.56 Å². The number of carbonyl (C=O) groups is 1. The van der Waals surface area contributed by atoms with Crippen molar-refractivity contribution in [1.82, 2.24) is 9.88 Å². The fraction of sp³-hybridized carbons (Fsp3) is 0.450. The third kappa shape index (κ3) is 3.71. The van der Waals surface area contributed by atoms with E-state index in [2.05, 4.69) is 9.88 Å². The Hall–Kier alpha value is -2.27. The third-order valence-corrected chi connectivity index (χ3v) is 5.04. The fourth-order valence-corrected chi connectivity index (χ4v) is 3.60. The maximum Gasteiger partial charge on any atom is 0.253 e. The van der Waals surface area contributed by atoms with Crippen molar-refractivity contribution in [2.45, 2.75) is 51.7 Å². The van der Waals surface area contributed by atoms with Crippen LogP contribution in [0.25, 0.3) is 5.69 Å². The lowest BCUT2D eigenvalue weighted by atomic mass is 9.93. The lowest BCUT2D eigenvalue weighted by Crippen LogP contribution is -2.38. The number of rotatable bonds is 4. The predicted octanol–water partition coefficient (Wildman–Crippen LogP) is 3.14. The minimum Gasteiger partial charge on any atom is -0.497 e. The molecular weight excluding hydrogens is 316 g/mol. The minimum absolute atomic E-state index is 0.0331. The van der Waals surface area contributed by atoms with Gasteiger partial charge in [-0.2, -0.15) is 0 Å². The van der Waals surface area contributed by atoms with Crippen LogP contribution in [0.3, 0.4) is 0 Å². The molecule has 1 aromatic carbocycles. The number of hydrogen-bond donors (Lipinski definition) is 2. The number of aliphatic hydroxyl groups excluding tert-OH is 1. The first-order valence-corrected chi connectivity index (χ1v) is 8.82. The molecule has 1 saturated carbocycles. The number of benzene rings is 1. The highest BCUT2D eigenvalue weighted by Gasteiger charge is 2.23. The minimum atomic E-state index is -0.215. The Kier molecular flexibility index (Phi) is 5.13. The molecule has 1 aromatic heterocycles. The third-order valence-electron chi connectivity index (χ3n) is 5.04. The summed E-state index contributed by atoms with van der Waals surface area (Å²) in [5.74, 6) is 0.776. The molecule has 5 nitrogen and oxygen atoms in total. The summed E-state index contributed by atoms with van der Waals surface area (Å²) in [6, 6.07) is 9.90. The van der Waals surface area contributed by atoms with Crippen LogP contribution in [0.4, 0.5) is 0 Å². The Bertz CT molecular complexity index is 741. The van der Waals surface area contributed by atoms with E-state index in [9.17, 15) is 9.90 Å². The van der Waals surface area contributed by atoms with Gasteiger partial charge in [0.05, 0.1) is 18.8 Å². The van der Waals surface area contributed by atoms with Gasteiger partial charge in [0.25, 0.3) is 5.91 Å². The Morgan fingerprint density at radius 3 is 2.40 bits per heavy atom. The molecule has 3 rings (SSSR count). The monoisotopic (exact) mass is 342 g/mol. The Balaban J connectivity index is 1.79. The number of aryl methyl sites for hydroxylation is 1. The van der Waals surface area contributed by atoms with Gasteiger partial charge in [-0.25, -0.2) is 0 Å². The highest BCUT2D eigenvalue weighted by molar-refractivity contribution is 5.96. The first-order valence-electron chi connectivity index (χ1n) is 8.82. The zero-order valence-corrected chi connectivity index (χ0v) is 15.1. The normalized spacial score (nSPS) is 20.3. The molecule has 0 saturated heterocycles. The molecule has 2 aromatic rings. The van der Waals surface area contributed by atoms with E-state index in [4.69, 9.17) is 4.74 Å². The van der Waals surface area contributed by atoms with Gasteiger partial charge in [-0.05, 0) is 69.9 Å². The number of hydrogen-bond acceptors (Lipinski definition) is 3. The van der Waals surface area contributed by atoms with E-state index in [1.54, 1.807) is 7.11 Å². The van der Waals surface area contributed by atoms with E-state index >= 15 is 0 Å². The molecule has 25 heavy (non-hydrogen) atoms. The summed E-state index contributed by atoms with van der Waals surface area (Å²) < 4.78 is 7.29. The van der Waals surface area contributed by atoms with Crippen molar-refractivity contribution < 1.29 is 14.6 Å². The smallest absolute Gasteiger partial charge is 0.253 e. The number of nitrogens with one attached hydrogen (secondary N) is 1. The van der Waals surface area contributed by atoms with Crippen LogP contribution >= 0.6 is 0 Å². The van der Waals surface area contributed by atoms with Gasteiger partial charge in [-0.3, -0.25) is 4.79 Å². The van der Waals surface area contributed by atoms with Crippen LogP contribution in [-0.2, 0) is 0 Å². The molecule has 1 amide bonds. The number of nitrogens with zero attached hydrogens (tertiary/aromatic N) is 1. The summed E-state index contributed by atoms with van der Waals surface area (Å²) in [6.45, 7) is 3.97. The molecule has 0 radical (unpaired) electrons. The van der Waals surface area contributed by atoms with Crippen molar-refractivity contribution in [3.8, 4) is 11.4 Å². The summed E-state index contributed by atoms with van der Waals surface area (Å²) in [7, 11) is 1.65. The zero-order chi connectivity index (χ0) is 18.0. The molecule has 0 spiro atoms. The van der Waals surface area contributed by atoms with Crippen molar-refractivity contribution in [2.24, 2.45) is 0 Å². The van der Waals surface area contributed by atoms with Gasteiger partial charge >= 0.3 is 0 Å². The van der Waals surface area contributed by atoms with Gasteiger partial charge < -0.3 is 19.7 Å². The lowest BCUT2D eigenvalue weighted by Gasteiger charge is -2.26. The van der Waals surface area contributed by atoms with Crippen LogP contribution in [0.5, 0.6) is 5.75 Å². The Morgan fingerprint density at radius 1 is 1.16 bits per heavy atom. The zero-order valence-electron chi connectivity index (χ0n) is 15.1. The lowest BCUT2D eigenvalue weighted by molar-refractivity contribution is 0.0867. The number of ether oxygens (including phenoxy) is 1. The van der Waals surface area contributed by atoms with Gasteiger partial charge in [0.15, 0.2) is 0 Å². The van der Waals surface area contributed by atoms with Crippen LogP contribution in [0, 0.1) is 13.8 Å². The van der Waals surface area contributed by atoms with Gasteiger partial charge in [-0.15, -0.1) is 0 Å². The van der Waals surface area contributed by atoms with E-state index in [1.165, 1.54) is 0 Å². The highest BCUT2D eigenvalue weighted by atomic mass is 16.5. The van der Waals surface area contributed by atoms with E-state index in [0.717, 1.165) is 48.5 Å². The summed E-state index contributed by atoms with van der Waals surface area (Å²) in [5, 5.41) is 12.7. The average Bonchev–Trinajstić information content (AvgIpc) is 2.91. The maximum absolute atomic E-state index is 12.7. The first-order chi connectivity index (χ1) is 12.0. The van der Waals surface area contributed by atoms with Gasteiger partial charge in [-0.1, -0.05) is 0 Å². The van der Waals surface area contributed by atoms with Gasteiger partial charge in [0, 0.05) is 23.1 Å². The number of amides is 1. The predicted molar refractivity (Wildman–Crippen MR) is 97.5 cm³/mol. The van der Waals surface area contributed by atoms with Crippen molar-refractivity contribution in [1.29, 1.82) is 0 Å². The summed E-state index contributed by atoms with van der Waals surface area (Å²) >= 11 is 0. The van der Waals surface area contributed by atoms with Crippen LogP contribution < -0.4 is 10.1 Å².